The molecule has 0 bridgehead atoms. The van der Waals surface area contributed by atoms with Gasteiger partial charge in [0, 0.05) is 11.4 Å². The number of rotatable bonds is 6. The summed E-state index contributed by atoms with van der Waals surface area (Å²) in [7, 11) is -3.66. The van der Waals surface area contributed by atoms with Gasteiger partial charge in [-0.05, 0) is 71.2 Å². The van der Waals surface area contributed by atoms with Crippen LogP contribution in [0.2, 0.25) is 0 Å². The normalized spacial score (nSPS) is 12.1. The average Bonchev–Trinajstić information content (AvgIpc) is 2.61. The van der Waals surface area contributed by atoms with Gasteiger partial charge in [-0.25, -0.2) is 8.42 Å². The second-order valence-electron chi connectivity index (χ2n) is 7.69. The minimum absolute atomic E-state index is 0.147. The third kappa shape index (κ3) is 3.98. The summed E-state index contributed by atoms with van der Waals surface area (Å²) in [4.78, 5) is 0.609. The van der Waals surface area contributed by atoms with Gasteiger partial charge in [0.25, 0.3) is 0 Å². The lowest BCUT2D eigenvalue weighted by Gasteiger charge is -2.18. The Morgan fingerprint density at radius 1 is 0.741 bits per heavy atom. The summed E-state index contributed by atoms with van der Waals surface area (Å²) in [6.45, 7) is 12.1. The molecule has 0 radical (unpaired) electrons. The van der Waals surface area contributed by atoms with Crippen molar-refractivity contribution in [1.82, 2.24) is 0 Å². The molecule has 0 heterocycles. The Morgan fingerprint density at radius 2 is 1.07 bits per heavy atom. The minimum Gasteiger partial charge on any atom is -0.398 e. The van der Waals surface area contributed by atoms with E-state index in [0.717, 1.165) is 22.3 Å². The van der Waals surface area contributed by atoms with E-state index in [4.69, 9.17) is 11.5 Å². The van der Waals surface area contributed by atoms with Crippen LogP contribution in [-0.2, 0) is 22.7 Å². The molecule has 0 saturated carbocycles. The highest BCUT2D eigenvalue weighted by molar-refractivity contribution is 7.91. The highest BCUT2D eigenvalue weighted by Crippen LogP contribution is 2.35. The summed E-state index contributed by atoms with van der Waals surface area (Å²) in [5.74, 6) is 0.295. The van der Waals surface area contributed by atoms with Crippen molar-refractivity contribution in [2.75, 3.05) is 11.5 Å². The van der Waals surface area contributed by atoms with Crippen LogP contribution < -0.4 is 11.5 Å². The summed E-state index contributed by atoms with van der Waals surface area (Å²) < 4.78 is 26.9. The lowest BCUT2D eigenvalue weighted by molar-refractivity contribution is 0.595. The van der Waals surface area contributed by atoms with Crippen molar-refractivity contribution in [3.05, 3.63) is 46.5 Å². The van der Waals surface area contributed by atoms with Crippen LogP contribution >= 0.6 is 0 Å². The zero-order valence-electron chi connectivity index (χ0n) is 17.3. The number of anilines is 2. The van der Waals surface area contributed by atoms with E-state index in [2.05, 4.69) is 0 Å². The molecule has 0 atom stereocenters. The van der Waals surface area contributed by atoms with Crippen LogP contribution in [0.4, 0.5) is 11.4 Å². The van der Waals surface area contributed by atoms with Gasteiger partial charge in [0.2, 0.25) is 9.84 Å². The van der Waals surface area contributed by atoms with Gasteiger partial charge in [-0.2, -0.15) is 0 Å². The summed E-state index contributed by atoms with van der Waals surface area (Å²) in [5, 5.41) is 0. The zero-order chi connectivity index (χ0) is 20.5. The molecule has 0 unspecified atom stereocenters. The Hall–Kier alpha value is -2.01. The predicted octanol–water partition coefficient (Wildman–Crippen LogP) is 5.06. The average molecular weight is 389 g/mol. The van der Waals surface area contributed by atoms with Crippen LogP contribution in [-0.4, -0.2) is 8.42 Å². The second kappa shape index (κ2) is 7.93. The van der Waals surface area contributed by atoms with E-state index in [-0.39, 0.29) is 11.8 Å². The SMILES string of the molecule is CCc1cc(S(=O)(=O)c2cc(CC)c(N)c(C(C)C)c2)cc(C(C)C)c1N. The number of nitrogens with two attached hydrogens (primary N) is 2. The molecule has 2 aromatic carbocycles. The molecule has 0 spiro atoms. The van der Waals surface area contributed by atoms with Crippen molar-refractivity contribution >= 4 is 21.2 Å². The number of nitrogen functional groups attached to an aromatic ring is 2. The number of hydrogen-bond acceptors (Lipinski definition) is 4. The van der Waals surface area contributed by atoms with Crippen molar-refractivity contribution in [2.45, 2.75) is 76.0 Å². The Kier molecular flexibility index (Phi) is 6.25. The summed E-state index contributed by atoms with van der Waals surface area (Å²) in [5.41, 5.74) is 17.4. The minimum atomic E-state index is -3.66. The molecule has 4 N–H and O–H groups in total. The van der Waals surface area contributed by atoms with Crippen molar-refractivity contribution in [2.24, 2.45) is 0 Å². The summed E-state index contributed by atoms with van der Waals surface area (Å²) in [6, 6.07) is 6.89. The molecular formula is C22H32N2O2S. The molecule has 27 heavy (non-hydrogen) atoms. The van der Waals surface area contributed by atoms with E-state index in [1.807, 2.05) is 41.5 Å². The molecule has 0 fully saturated rings. The highest BCUT2D eigenvalue weighted by Gasteiger charge is 2.24. The lowest BCUT2D eigenvalue weighted by Crippen LogP contribution is -2.10. The van der Waals surface area contributed by atoms with Crippen molar-refractivity contribution in [1.29, 1.82) is 0 Å². The van der Waals surface area contributed by atoms with Gasteiger partial charge in [0.05, 0.1) is 9.79 Å². The van der Waals surface area contributed by atoms with Crippen LogP contribution in [0.5, 0.6) is 0 Å². The Morgan fingerprint density at radius 3 is 1.33 bits per heavy atom. The van der Waals surface area contributed by atoms with Crippen LogP contribution in [0.25, 0.3) is 0 Å². The maximum absolute atomic E-state index is 13.5. The van der Waals surface area contributed by atoms with Crippen molar-refractivity contribution in [3.8, 4) is 0 Å². The lowest BCUT2D eigenvalue weighted by atomic mass is 9.97. The van der Waals surface area contributed by atoms with Crippen LogP contribution in [0.15, 0.2) is 34.1 Å². The van der Waals surface area contributed by atoms with E-state index < -0.39 is 9.84 Å². The molecule has 0 aliphatic rings. The fourth-order valence-electron chi connectivity index (χ4n) is 3.40. The van der Waals surface area contributed by atoms with Crippen LogP contribution in [0.3, 0.4) is 0 Å². The number of sulfone groups is 1. The first kappa shape index (κ1) is 21.3. The second-order valence-corrected chi connectivity index (χ2v) is 9.64. The maximum Gasteiger partial charge on any atom is 0.206 e. The van der Waals surface area contributed by atoms with Gasteiger partial charge in [-0.3, -0.25) is 0 Å². The monoisotopic (exact) mass is 388 g/mol. The van der Waals surface area contributed by atoms with Crippen molar-refractivity contribution < 1.29 is 8.42 Å². The fourth-order valence-corrected chi connectivity index (χ4v) is 4.83. The first-order valence-electron chi connectivity index (χ1n) is 9.64. The topological polar surface area (TPSA) is 86.2 Å². The highest BCUT2D eigenvalue weighted by atomic mass is 32.2. The molecule has 0 aliphatic heterocycles. The van der Waals surface area contributed by atoms with Gasteiger partial charge in [-0.1, -0.05) is 41.5 Å². The smallest absolute Gasteiger partial charge is 0.206 e. The Bertz CT molecular complexity index is 874. The Balaban J connectivity index is 2.76. The zero-order valence-corrected chi connectivity index (χ0v) is 18.1. The number of benzene rings is 2. The first-order valence-corrected chi connectivity index (χ1v) is 11.1. The van der Waals surface area contributed by atoms with E-state index in [1.165, 1.54) is 0 Å². The van der Waals surface area contributed by atoms with E-state index in [9.17, 15) is 8.42 Å². The van der Waals surface area contributed by atoms with Crippen molar-refractivity contribution in [3.63, 3.8) is 0 Å². The van der Waals surface area contributed by atoms with Gasteiger partial charge in [-0.15, -0.1) is 0 Å². The maximum atomic E-state index is 13.5. The Labute approximate surface area is 163 Å². The molecule has 5 heteroatoms. The third-order valence-electron chi connectivity index (χ3n) is 5.17. The molecule has 2 aromatic rings. The van der Waals surface area contributed by atoms with Crippen LogP contribution in [0, 0.1) is 0 Å². The molecule has 4 nitrogen and oxygen atoms in total. The van der Waals surface area contributed by atoms with Gasteiger partial charge in [0.15, 0.2) is 0 Å². The number of aryl methyl sites for hydroxylation is 2. The summed E-state index contributed by atoms with van der Waals surface area (Å²) >= 11 is 0. The van der Waals surface area contributed by atoms with Gasteiger partial charge >= 0.3 is 0 Å². The van der Waals surface area contributed by atoms with Gasteiger partial charge < -0.3 is 11.5 Å². The molecule has 148 valence electrons. The first-order chi connectivity index (χ1) is 12.5. The molecule has 0 aliphatic carbocycles. The third-order valence-corrected chi connectivity index (χ3v) is 6.88. The fraction of sp³-hybridized carbons (Fsp3) is 0.455. The van der Waals surface area contributed by atoms with E-state index >= 15 is 0 Å². The predicted molar refractivity (Wildman–Crippen MR) is 114 cm³/mol. The quantitative estimate of drug-likeness (QED) is 0.678. The molecule has 0 saturated heterocycles. The van der Waals surface area contributed by atoms with E-state index in [1.54, 1.807) is 24.3 Å². The largest absolute Gasteiger partial charge is 0.398 e. The molecule has 0 amide bonds. The van der Waals surface area contributed by atoms with E-state index in [0.29, 0.717) is 34.0 Å². The number of hydrogen-bond donors (Lipinski definition) is 2. The van der Waals surface area contributed by atoms with Crippen LogP contribution in [0.1, 0.15) is 75.6 Å². The van der Waals surface area contributed by atoms with Gasteiger partial charge in [0.1, 0.15) is 0 Å². The summed E-state index contributed by atoms with van der Waals surface area (Å²) in [6.07, 6.45) is 1.38. The molecule has 0 aromatic heterocycles. The molecule has 2 rings (SSSR count). The molecular weight excluding hydrogens is 356 g/mol. The standard InChI is InChI=1S/C22H32N2O2S/c1-7-15-9-17(11-19(13(3)4)21(15)23)27(25,26)18-10-16(8-2)22(24)20(12-18)14(5)6/h9-14H,7-8,23-24H2,1-6H3.